The monoisotopic (exact) mass is 271 g/mol. The molecule has 0 bridgehead atoms. The Hall–Kier alpha value is -2.45. The van der Waals surface area contributed by atoms with E-state index in [0.29, 0.717) is 0 Å². The van der Waals surface area contributed by atoms with E-state index < -0.39 is 42.2 Å². The summed E-state index contributed by atoms with van der Waals surface area (Å²) in [4.78, 5) is 54.9. The van der Waals surface area contributed by atoms with Crippen LogP contribution in [-0.2, 0) is 19.2 Å². The fraction of sp³-hybridized carbons (Fsp3) is 0.500. The molecular formula is C10H13N3O6. The maximum absolute atomic E-state index is 11.3. The molecule has 4 N–H and O–H groups in total. The van der Waals surface area contributed by atoms with Crippen LogP contribution in [0.5, 0.6) is 0 Å². The fourth-order valence-corrected chi connectivity index (χ4v) is 1.44. The number of nitrogens with one attached hydrogen (secondary N) is 3. The molecule has 0 spiro atoms. The molecule has 0 aromatic carbocycles. The topological polar surface area (TPSA) is 142 Å². The minimum atomic E-state index is -1.15. The Morgan fingerprint density at radius 2 is 1.95 bits per heavy atom. The average molecular weight is 271 g/mol. The predicted octanol–water partition coefficient (Wildman–Crippen LogP) is -1.52. The molecular weight excluding hydrogens is 258 g/mol. The summed E-state index contributed by atoms with van der Waals surface area (Å²) < 4.78 is 0. The van der Waals surface area contributed by atoms with Gasteiger partial charge in [0, 0.05) is 12.8 Å². The summed E-state index contributed by atoms with van der Waals surface area (Å²) in [6.45, 7) is 0. The van der Waals surface area contributed by atoms with Crippen LogP contribution in [0, 0.1) is 0 Å². The van der Waals surface area contributed by atoms with Crippen LogP contribution in [0.4, 0.5) is 4.79 Å². The number of carbonyl (C=O) groups excluding carboxylic acids is 4. The van der Waals surface area contributed by atoms with Gasteiger partial charge < -0.3 is 10.4 Å². The van der Waals surface area contributed by atoms with Crippen LogP contribution < -0.4 is 16.0 Å². The van der Waals surface area contributed by atoms with Crippen molar-refractivity contribution in [2.24, 2.45) is 0 Å². The molecule has 1 fully saturated rings. The SMILES string of the molecule is O=C(O)CCC(=O)NC(=O)NC1CCC(=O)NC1=O. The zero-order valence-electron chi connectivity index (χ0n) is 9.89. The lowest BCUT2D eigenvalue weighted by Gasteiger charge is -2.21. The molecule has 0 aromatic heterocycles. The number of imide groups is 2. The summed E-state index contributed by atoms with van der Waals surface area (Å²) in [5, 5.41) is 14.5. The smallest absolute Gasteiger partial charge is 0.322 e. The van der Waals surface area contributed by atoms with E-state index in [1.165, 1.54) is 0 Å². The second kappa shape index (κ2) is 6.47. The van der Waals surface area contributed by atoms with Gasteiger partial charge in [-0.15, -0.1) is 0 Å². The van der Waals surface area contributed by atoms with Gasteiger partial charge in [0.1, 0.15) is 6.04 Å². The van der Waals surface area contributed by atoms with Gasteiger partial charge in [-0.25, -0.2) is 4.79 Å². The lowest BCUT2D eigenvalue weighted by atomic mass is 10.1. The molecule has 104 valence electrons. The number of carboxylic acid groups (broad SMARTS) is 1. The molecule has 5 amide bonds. The van der Waals surface area contributed by atoms with Crippen LogP contribution in [0.15, 0.2) is 0 Å². The number of piperidine rings is 1. The molecule has 0 aromatic rings. The Labute approximate surface area is 107 Å². The minimum absolute atomic E-state index is 0.101. The van der Waals surface area contributed by atoms with E-state index in [0.717, 1.165) is 0 Å². The van der Waals surface area contributed by atoms with Crippen molar-refractivity contribution in [1.29, 1.82) is 0 Å². The first kappa shape index (κ1) is 14.6. The van der Waals surface area contributed by atoms with Crippen molar-refractivity contribution in [3.8, 4) is 0 Å². The number of carboxylic acids is 1. The van der Waals surface area contributed by atoms with Gasteiger partial charge in [-0.1, -0.05) is 0 Å². The van der Waals surface area contributed by atoms with Crippen LogP contribution in [0.1, 0.15) is 25.7 Å². The number of carbonyl (C=O) groups is 5. The van der Waals surface area contributed by atoms with Gasteiger partial charge in [0.05, 0.1) is 6.42 Å². The zero-order chi connectivity index (χ0) is 14.4. The van der Waals surface area contributed by atoms with Gasteiger partial charge in [0.2, 0.25) is 17.7 Å². The Morgan fingerprint density at radius 3 is 2.53 bits per heavy atom. The third-order valence-corrected chi connectivity index (χ3v) is 2.36. The van der Waals surface area contributed by atoms with Crippen molar-refractivity contribution >= 4 is 29.7 Å². The average Bonchev–Trinajstić information content (AvgIpc) is 2.30. The van der Waals surface area contributed by atoms with Gasteiger partial charge in [-0.2, -0.15) is 0 Å². The predicted molar refractivity (Wildman–Crippen MR) is 59.7 cm³/mol. The number of urea groups is 1. The number of amides is 5. The normalized spacial score (nSPS) is 18.4. The van der Waals surface area contributed by atoms with E-state index in [4.69, 9.17) is 5.11 Å². The Balaban J connectivity index is 2.34. The van der Waals surface area contributed by atoms with Gasteiger partial charge in [0.25, 0.3) is 0 Å². The second-order valence-corrected chi connectivity index (χ2v) is 3.92. The second-order valence-electron chi connectivity index (χ2n) is 3.92. The van der Waals surface area contributed by atoms with Crippen LogP contribution >= 0.6 is 0 Å². The van der Waals surface area contributed by atoms with Crippen LogP contribution in [0.2, 0.25) is 0 Å². The lowest BCUT2D eigenvalue weighted by Crippen LogP contribution is -2.55. The Morgan fingerprint density at radius 1 is 1.26 bits per heavy atom. The summed E-state index contributed by atoms with van der Waals surface area (Å²) in [7, 11) is 0. The number of aliphatic carboxylic acids is 1. The van der Waals surface area contributed by atoms with E-state index in [1.54, 1.807) is 0 Å². The van der Waals surface area contributed by atoms with Crippen LogP contribution in [0.25, 0.3) is 0 Å². The molecule has 1 aliphatic rings. The van der Waals surface area contributed by atoms with Gasteiger partial charge in [-0.05, 0) is 6.42 Å². The molecule has 9 nitrogen and oxygen atoms in total. The molecule has 0 saturated carbocycles. The number of rotatable bonds is 4. The molecule has 1 saturated heterocycles. The third-order valence-electron chi connectivity index (χ3n) is 2.36. The summed E-state index contributed by atoms with van der Waals surface area (Å²) in [6, 6.07) is -1.78. The Kier molecular flexibility index (Phi) is 4.98. The highest BCUT2D eigenvalue weighted by atomic mass is 16.4. The lowest BCUT2D eigenvalue weighted by molar-refractivity contribution is -0.138. The Bertz CT molecular complexity index is 433. The highest BCUT2D eigenvalue weighted by molar-refractivity contribution is 6.03. The molecule has 1 heterocycles. The van der Waals surface area contributed by atoms with Crippen molar-refractivity contribution in [3.05, 3.63) is 0 Å². The van der Waals surface area contributed by atoms with Crippen molar-refractivity contribution in [2.75, 3.05) is 0 Å². The zero-order valence-corrected chi connectivity index (χ0v) is 9.89. The van der Waals surface area contributed by atoms with E-state index >= 15 is 0 Å². The summed E-state index contributed by atoms with van der Waals surface area (Å²) in [5.74, 6) is -2.96. The highest BCUT2D eigenvalue weighted by Crippen LogP contribution is 2.03. The first-order valence-electron chi connectivity index (χ1n) is 5.54. The molecule has 9 heteroatoms. The standard InChI is InChI=1S/C10H13N3O6/c14-6-2-1-5(9(18)12-6)11-10(19)13-7(15)3-4-8(16)17/h5H,1-4H2,(H,16,17)(H,12,14,18)(H2,11,13,15,19). The molecule has 1 unspecified atom stereocenters. The maximum Gasteiger partial charge on any atom is 0.322 e. The molecule has 1 rings (SSSR count). The molecule has 0 radical (unpaired) electrons. The summed E-state index contributed by atoms with van der Waals surface area (Å²) in [5.41, 5.74) is 0. The number of hydrogen-bond acceptors (Lipinski definition) is 5. The largest absolute Gasteiger partial charge is 0.481 e. The molecule has 19 heavy (non-hydrogen) atoms. The first-order valence-corrected chi connectivity index (χ1v) is 5.54. The van der Waals surface area contributed by atoms with Gasteiger partial charge >= 0.3 is 12.0 Å². The van der Waals surface area contributed by atoms with E-state index in [1.807, 2.05) is 10.6 Å². The van der Waals surface area contributed by atoms with E-state index in [2.05, 4.69) is 5.32 Å². The third kappa shape index (κ3) is 5.15. The van der Waals surface area contributed by atoms with Crippen molar-refractivity contribution in [1.82, 2.24) is 16.0 Å². The first-order chi connectivity index (χ1) is 8.88. The summed E-state index contributed by atoms with van der Waals surface area (Å²) >= 11 is 0. The number of hydrogen-bond donors (Lipinski definition) is 4. The van der Waals surface area contributed by atoms with Crippen LogP contribution in [-0.4, -0.2) is 40.9 Å². The van der Waals surface area contributed by atoms with E-state index in [-0.39, 0.29) is 19.3 Å². The molecule has 1 atom stereocenters. The molecule has 0 aliphatic carbocycles. The molecule has 1 aliphatic heterocycles. The minimum Gasteiger partial charge on any atom is -0.481 e. The van der Waals surface area contributed by atoms with Crippen molar-refractivity contribution in [3.63, 3.8) is 0 Å². The van der Waals surface area contributed by atoms with Gasteiger partial charge in [-0.3, -0.25) is 29.8 Å². The highest BCUT2D eigenvalue weighted by Gasteiger charge is 2.28. The summed E-state index contributed by atoms with van der Waals surface area (Å²) in [6.07, 6.45) is -0.472. The fourth-order valence-electron chi connectivity index (χ4n) is 1.44. The maximum atomic E-state index is 11.3. The van der Waals surface area contributed by atoms with Crippen molar-refractivity contribution in [2.45, 2.75) is 31.7 Å². The van der Waals surface area contributed by atoms with Gasteiger partial charge in [0.15, 0.2) is 0 Å². The van der Waals surface area contributed by atoms with E-state index in [9.17, 15) is 24.0 Å². The quantitative estimate of drug-likeness (QED) is 0.457. The van der Waals surface area contributed by atoms with Crippen molar-refractivity contribution < 1.29 is 29.1 Å². The van der Waals surface area contributed by atoms with Crippen LogP contribution in [0.3, 0.4) is 0 Å².